The maximum Gasteiger partial charge on any atom is 0.174 e. The van der Waals surface area contributed by atoms with E-state index in [-0.39, 0.29) is 23.4 Å². The van der Waals surface area contributed by atoms with Crippen LogP contribution >= 0.6 is 11.3 Å². The smallest absolute Gasteiger partial charge is 0.174 e. The number of rotatable bonds is 2. The lowest BCUT2D eigenvalue weighted by atomic mass is 9.81. The summed E-state index contributed by atoms with van der Waals surface area (Å²) in [4.78, 5) is 25.0. The molecule has 3 heteroatoms. The number of ketones is 2. The molecule has 0 aromatic carbocycles. The van der Waals surface area contributed by atoms with Crippen LogP contribution in [-0.2, 0) is 11.2 Å². The van der Waals surface area contributed by atoms with Gasteiger partial charge in [0, 0.05) is 16.4 Å². The van der Waals surface area contributed by atoms with Gasteiger partial charge in [0.25, 0.3) is 0 Å². The molecule has 1 aromatic rings. The average molecular weight is 222 g/mol. The summed E-state index contributed by atoms with van der Waals surface area (Å²) >= 11 is 1.62. The number of Topliss-reactive ketones (excluding diaryl/α,β-unsaturated/α-hetero) is 2. The van der Waals surface area contributed by atoms with Crippen LogP contribution in [0.5, 0.6) is 0 Å². The van der Waals surface area contributed by atoms with E-state index >= 15 is 0 Å². The lowest BCUT2D eigenvalue weighted by molar-refractivity contribution is -0.124. The number of thiophene rings is 1. The number of fused-ring (bicyclic) bond motifs is 1. The Morgan fingerprint density at radius 1 is 1.53 bits per heavy atom. The monoisotopic (exact) mass is 222 g/mol. The van der Waals surface area contributed by atoms with E-state index in [0.717, 1.165) is 16.9 Å². The predicted molar refractivity (Wildman–Crippen MR) is 60.3 cm³/mol. The van der Waals surface area contributed by atoms with Crippen molar-refractivity contribution in [2.75, 3.05) is 0 Å². The summed E-state index contributed by atoms with van der Waals surface area (Å²) in [6.45, 7) is 3.72. The quantitative estimate of drug-likeness (QED) is 0.721. The second-order valence-electron chi connectivity index (χ2n) is 4.27. The third-order valence-electron chi connectivity index (χ3n) is 2.90. The molecule has 0 aliphatic heterocycles. The van der Waals surface area contributed by atoms with Gasteiger partial charge in [-0.15, -0.1) is 11.3 Å². The lowest BCUT2D eigenvalue weighted by Gasteiger charge is -2.21. The molecule has 0 spiro atoms. The summed E-state index contributed by atoms with van der Waals surface area (Å²) in [5.74, 6) is -0.292. The molecule has 0 bridgehead atoms. The van der Waals surface area contributed by atoms with E-state index in [9.17, 15) is 9.59 Å². The SMILES string of the molecule is CC(C)C(=O)C1CCc2sccc2C1=O. The van der Waals surface area contributed by atoms with Gasteiger partial charge in [-0.3, -0.25) is 9.59 Å². The molecule has 1 aliphatic rings. The molecule has 0 N–H and O–H groups in total. The highest BCUT2D eigenvalue weighted by atomic mass is 32.1. The Labute approximate surface area is 93.3 Å². The maximum absolute atomic E-state index is 12.0. The number of aryl methyl sites for hydroxylation is 1. The first kappa shape index (κ1) is 10.6. The van der Waals surface area contributed by atoms with Gasteiger partial charge < -0.3 is 0 Å². The normalized spacial score (nSPS) is 20.5. The molecule has 2 rings (SSSR count). The Morgan fingerprint density at radius 2 is 2.27 bits per heavy atom. The van der Waals surface area contributed by atoms with Gasteiger partial charge in [0.1, 0.15) is 5.78 Å². The van der Waals surface area contributed by atoms with Gasteiger partial charge in [-0.25, -0.2) is 0 Å². The summed E-state index contributed by atoms with van der Waals surface area (Å²) in [5, 5.41) is 1.94. The van der Waals surface area contributed by atoms with Crippen molar-refractivity contribution < 1.29 is 9.59 Å². The Kier molecular flexibility index (Phi) is 2.74. The van der Waals surface area contributed by atoms with Crippen molar-refractivity contribution >= 4 is 22.9 Å². The van der Waals surface area contributed by atoms with Gasteiger partial charge in [-0.2, -0.15) is 0 Å². The van der Waals surface area contributed by atoms with Crippen LogP contribution in [0.25, 0.3) is 0 Å². The second-order valence-corrected chi connectivity index (χ2v) is 5.27. The van der Waals surface area contributed by atoms with Crippen LogP contribution in [0.3, 0.4) is 0 Å². The van der Waals surface area contributed by atoms with Crippen molar-refractivity contribution in [1.82, 2.24) is 0 Å². The molecule has 1 heterocycles. The van der Waals surface area contributed by atoms with E-state index in [1.54, 1.807) is 11.3 Å². The van der Waals surface area contributed by atoms with Crippen LogP contribution in [0, 0.1) is 11.8 Å². The van der Waals surface area contributed by atoms with Crippen molar-refractivity contribution in [3.63, 3.8) is 0 Å². The van der Waals surface area contributed by atoms with Crippen LogP contribution in [-0.4, -0.2) is 11.6 Å². The van der Waals surface area contributed by atoms with Crippen LogP contribution in [0.4, 0.5) is 0 Å². The largest absolute Gasteiger partial charge is 0.299 e. The van der Waals surface area contributed by atoms with Crippen LogP contribution < -0.4 is 0 Å². The topological polar surface area (TPSA) is 34.1 Å². The molecular weight excluding hydrogens is 208 g/mol. The Hall–Kier alpha value is -0.960. The highest BCUT2D eigenvalue weighted by molar-refractivity contribution is 7.10. The minimum Gasteiger partial charge on any atom is -0.299 e. The first-order chi connectivity index (χ1) is 7.11. The van der Waals surface area contributed by atoms with Gasteiger partial charge in [0.15, 0.2) is 5.78 Å². The minimum atomic E-state index is -0.382. The third kappa shape index (κ3) is 1.76. The van der Waals surface area contributed by atoms with E-state index in [4.69, 9.17) is 0 Å². The van der Waals surface area contributed by atoms with Gasteiger partial charge in [-0.1, -0.05) is 13.8 Å². The summed E-state index contributed by atoms with van der Waals surface area (Å²) in [5.41, 5.74) is 0.783. The summed E-state index contributed by atoms with van der Waals surface area (Å²) in [6, 6.07) is 1.85. The van der Waals surface area contributed by atoms with E-state index in [1.807, 2.05) is 25.3 Å². The first-order valence-corrected chi connectivity index (χ1v) is 6.13. The molecule has 1 aromatic heterocycles. The van der Waals surface area contributed by atoms with Crippen LogP contribution in [0.1, 0.15) is 35.5 Å². The van der Waals surface area contributed by atoms with Crippen molar-refractivity contribution in [3.8, 4) is 0 Å². The number of hydrogen-bond acceptors (Lipinski definition) is 3. The molecule has 1 atom stereocenters. The number of carbonyl (C=O) groups is 2. The van der Waals surface area contributed by atoms with Crippen molar-refractivity contribution in [3.05, 3.63) is 21.9 Å². The standard InChI is InChI=1S/C12H14O2S/c1-7(2)11(13)9-3-4-10-8(12(9)14)5-6-15-10/h5-7,9H,3-4H2,1-2H3. The molecular formula is C12H14O2S. The van der Waals surface area contributed by atoms with Crippen molar-refractivity contribution in [1.29, 1.82) is 0 Å². The van der Waals surface area contributed by atoms with Gasteiger partial charge >= 0.3 is 0 Å². The van der Waals surface area contributed by atoms with Crippen LogP contribution in [0.2, 0.25) is 0 Å². The zero-order chi connectivity index (χ0) is 11.0. The Balaban J connectivity index is 2.27. The second kappa shape index (κ2) is 3.89. The van der Waals surface area contributed by atoms with Crippen molar-refractivity contribution in [2.45, 2.75) is 26.7 Å². The fourth-order valence-corrected chi connectivity index (χ4v) is 2.92. The molecule has 0 saturated heterocycles. The van der Waals surface area contributed by atoms with E-state index in [2.05, 4.69) is 0 Å². The Bertz CT molecular complexity index is 404. The van der Waals surface area contributed by atoms with E-state index in [0.29, 0.717) is 6.42 Å². The summed E-state index contributed by atoms with van der Waals surface area (Å²) in [6.07, 6.45) is 1.57. The molecule has 0 fully saturated rings. The molecule has 1 aliphatic carbocycles. The predicted octanol–water partition coefficient (Wildman–Crippen LogP) is 2.72. The summed E-state index contributed by atoms with van der Waals surface area (Å²) < 4.78 is 0. The van der Waals surface area contributed by atoms with Gasteiger partial charge in [0.2, 0.25) is 0 Å². The Morgan fingerprint density at radius 3 is 2.93 bits per heavy atom. The van der Waals surface area contributed by atoms with Gasteiger partial charge in [-0.05, 0) is 24.3 Å². The number of hydrogen-bond donors (Lipinski definition) is 0. The minimum absolute atomic E-state index is 0.0381. The molecule has 0 saturated carbocycles. The van der Waals surface area contributed by atoms with E-state index in [1.165, 1.54) is 0 Å². The summed E-state index contributed by atoms with van der Waals surface area (Å²) in [7, 11) is 0. The maximum atomic E-state index is 12.0. The highest BCUT2D eigenvalue weighted by Crippen LogP contribution is 2.31. The number of carbonyl (C=O) groups excluding carboxylic acids is 2. The fraction of sp³-hybridized carbons (Fsp3) is 0.500. The molecule has 0 radical (unpaired) electrons. The molecule has 15 heavy (non-hydrogen) atoms. The van der Waals surface area contributed by atoms with Crippen LogP contribution in [0.15, 0.2) is 11.4 Å². The molecule has 2 nitrogen and oxygen atoms in total. The molecule has 80 valence electrons. The van der Waals surface area contributed by atoms with Gasteiger partial charge in [0.05, 0.1) is 5.92 Å². The highest BCUT2D eigenvalue weighted by Gasteiger charge is 2.34. The molecule has 0 amide bonds. The zero-order valence-electron chi connectivity index (χ0n) is 8.95. The van der Waals surface area contributed by atoms with Crippen molar-refractivity contribution in [2.24, 2.45) is 11.8 Å². The van der Waals surface area contributed by atoms with E-state index < -0.39 is 0 Å². The lowest BCUT2D eigenvalue weighted by Crippen LogP contribution is -2.31. The zero-order valence-corrected chi connectivity index (χ0v) is 9.76. The molecule has 1 unspecified atom stereocenters. The fourth-order valence-electron chi connectivity index (χ4n) is 2.02. The third-order valence-corrected chi connectivity index (χ3v) is 3.88. The average Bonchev–Trinajstić information content (AvgIpc) is 2.66. The first-order valence-electron chi connectivity index (χ1n) is 5.25.